The number of amides is 5. The van der Waals surface area contributed by atoms with Crippen LogP contribution in [0.2, 0.25) is 0 Å². The lowest BCUT2D eigenvalue weighted by molar-refractivity contribution is -0.116. The number of piperidine rings is 1. The van der Waals surface area contributed by atoms with Crippen LogP contribution in [0.4, 0.5) is 21.0 Å². The summed E-state index contributed by atoms with van der Waals surface area (Å²) in [5.41, 5.74) is 0.989. The second kappa shape index (κ2) is 7.10. The third-order valence-corrected chi connectivity index (χ3v) is 4.49. The van der Waals surface area contributed by atoms with Crippen molar-refractivity contribution in [2.24, 2.45) is 0 Å². The Kier molecular flexibility index (Phi) is 4.89. The summed E-state index contributed by atoms with van der Waals surface area (Å²) in [6.45, 7) is 1.29. The van der Waals surface area contributed by atoms with Gasteiger partial charge in [-0.05, 0) is 31.0 Å². The SMILES string of the molecule is COC1CCCN(C(=O)Nc2cccc(N3C(=O)CN(C)C3=O)c2)C1. The zero-order chi connectivity index (χ0) is 18.0. The van der Waals surface area contributed by atoms with Crippen molar-refractivity contribution in [2.45, 2.75) is 18.9 Å². The molecule has 8 heteroatoms. The molecule has 0 bridgehead atoms. The predicted octanol–water partition coefficient (Wildman–Crippen LogP) is 1.73. The van der Waals surface area contributed by atoms with E-state index in [1.54, 1.807) is 43.3 Å². The highest BCUT2D eigenvalue weighted by molar-refractivity contribution is 6.19. The Balaban J connectivity index is 1.71. The first-order valence-corrected chi connectivity index (χ1v) is 8.26. The number of likely N-dealkylation sites (tertiary alicyclic amines) is 1. The van der Waals surface area contributed by atoms with Gasteiger partial charge in [-0.3, -0.25) is 4.79 Å². The van der Waals surface area contributed by atoms with Crippen LogP contribution >= 0.6 is 0 Å². The number of methoxy groups -OCH3 is 1. The summed E-state index contributed by atoms with van der Waals surface area (Å²) in [5.74, 6) is -0.282. The van der Waals surface area contributed by atoms with Gasteiger partial charge in [-0.2, -0.15) is 0 Å². The first kappa shape index (κ1) is 17.2. The Labute approximate surface area is 146 Å². The quantitative estimate of drug-likeness (QED) is 0.845. The van der Waals surface area contributed by atoms with Crippen LogP contribution in [-0.4, -0.2) is 67.7 Å². The highest BCUT2D eigenvalue weighted by Crippen LogP contribution is 2.24. The number of carbonyl (C=O) groups is 3. The molecule has 1 atom stereocenters. The second-order valence-corrected chi connectivity index (χ2v) is 6.29. The average molecular weight is 346 g/mol. The number of anilines is 2. The van der Waals surface area contributed by atoms with Gasteiger partial charge in [0.2, 0.25) is 0 Å². The summed E-state index contributed by atoms with van der Waals surface area (Å²) in [5, 5.41) is 2.83. The zero-order valence-corrected chi connectivity index (χ0v) is 14.4. The lowest BCUT2D eigenvalue weighted by atomic mass is 10.1. The van der Waals surface area contributed by atoms with Gasteiger partial charge in [-0.15, -0.1) is 0 Å². The molecular weight excluding hydrogens is 324 g/mol. The standard InChI is InChI=1S/C17H22N4O4/c1-19-11-15(22)21(17(19)24)13-6-3-5-12(9-13)18-16(23)20-8-4-7-14(10-20)25-2/h3,5-6,9,14H,4,7-8,10-11H2,1-2H3,(H,18,23). The first-order valence-electron chi connectivity index (χ1n) is 8.26. The van der Waals surface area contributed by atoms with E-state index in [0.29, 0.717) is 24.5 Å². The molecule has 0 saturated carbocycles. The van der Waals surface area contributed by atoms with Gasteiger partial charge in [0.1, 0.15) is 6.54 Å². The van der Waals surface area contributed by atoms with Gasteiger partial charge in [0.05, 0.1) is 11.8 Å². The maximum Gasteiger partial charge on any atom is 0.331 e. The highest BCUT2D eigenvalue weighted by atomic mass is 16.5. The molecular formula is C17H22N4O4. The van der Waals surface area contributed by atoms with Crippen molar-refractivity contribution < 1.29 is 19.1 Å². The molecule has 0 aromatic heterocycles. The molecule has 8 nitrogen and oxygen atoms in total. The van der Waals surface area contributed by atoms with Gasteiger partial charge >= 0.3 is 12.1 Å². The summed E-state index contributed by atoms with van der Waals surface area (Å²) in [7, 11) is 3.23. The number of carbonyl (C=O) groups excluding carboxylic acids is 3. The lowest BCUT2D eigenvalue weighted by Crippen LogP contribution is -2.44. The van der Waals surface area contributed by atoms with Gasteiger partial charge in [-0.25, -0.2) is 14.5 Å². The number of ether oxygens (including phenoxy) is 1. The van der Waals surface area contributed by atoms with E-state index in [4.69, 9.17) is 4.74 Å². The van der Waals surface area contributed by atoms with Crippen molar-refractivity contribution in [1.29, 1.82) is 0 Å². The molecule has 2 fully saturated rings. The van der Waals surface area contributed by atoms with E-state index in [0.717, 1.165) is 17.7 Å². The third kappa shape index (κ3) is 3.58. The van der Waals surface area contributed by atoms with Gasteiger partial charge in [0.25, 0.3) is 5.91 Å². The molecule has 0 spiro atoms. The van der Waals surface area contributed by atoms with E-state index in [-0.39, 0.29) is 30.6 Å². The summed E-state index contributed by atoms with van der Waals surface area (Å²) in [4.78, 5) is 40.7. The Morgan fingerprint density at radius 1 is 1.32 bits per heavy atom. The van der Waals surface area contributed by atoms with Crippen LogP contribution < -0.4 is 10.2 Å². The number of hydrogen-bond acceptors (Lipinski definition) is 4. The molecule has 0 aliphatic carbocycles. The number of nitrogens with one attached hydrogen (secondary N) is 1. The monoisotopic (exact) mass is 346 g/mol. The summed E-state index contributed by atoms with van der Waals surface area (Å²) >= 11 is 0. The minimum atomic E-state index is -0.368. The third-order valence-electron chi connectivity index (χ3n) is 4.49. The molecule has 2 aliphatic rings. The van der Waals surface area contributed by atoms with Gasteiger partial charge in [0.15, 0.2) is 0 Å². The highest BCUT2D eigenvalue weighted by Gasteiger charge is 2.34. The van der Waals surface area contributed by atoms with Gasteiger partial charge in [-0.1, -0.05) is 6.07 Å². The average Bonchev–Trinajstić information content (AvgIpc) is 2.87. The summed E-state index contributed by atoms with van der Waals surface area (Å²) < 4.78 is 5.33. The number of benzene rings is 1. The van der Waals surface area contributed by atoms with Crippen molar-refractivity contribution in [3.8, 4) is 0 Å². The lowest BCUT2D eigenvalue weighted by Gasteiger charge is -2.32. The fourth-order valence-electron chi connectivity index (χ4n) is 3.11. The first-order chi connectivity index (χ1) is 12.0. The molecule has 1 aromatic carbocycles. The smallest absolute Gasteiger partial charge is 0.331 e. The topological polar surface area (TPSA) is 82.2 Å². The predicted molar refractivity (Wildman–Crippen MR) is 92.6 cm³/mol. The number of rotatable bonds is 3. The molecule has 1 unspecified atom stereocenters. The van der Waals surface area contributed by atoms with Gasteiger partial charge < -0.3 is 19.9 Å². The molecule has 3 rings (SSSR count). The van der Waals surface area contributed by atoms with E-state index < -0.39 is 0 Å². The van der Waals surface area contributed by atoms with Crippen LogP contribution in [0.1, 0.15) is 12.8 Å². The minimum absolute atomic E-state index is 0.0567. The molecule has 0 radical (unpaired) electrons. The van der Waals surface area contributed by atoms with Crippen LogP contribution in [-0.2, 0) is 9.53 Å². The largest absolute Gasteiger partial charge is 0.380 e. The Bertz CT molecular complexity index is 693. The molecule has 25 heavy (non-hydrogen) atoms. The van der Waals surface area contributed by atoms with E-state index >= 15 is 0 Å². The second-order valence-electron chi connectivity index (χ2n) is 6.29. The van der Waals surface area contributed by atoms with Crippen molar-refractivity contribution in [3.63, 3.8) is 0 Å². The summed E-state index contributed by atoms with van der Waals surface area (Å²) in [6.07, 6.45) is 1.90. The number of urea groups is 2. The number of likely N-dealkylation sites (N-methyl/N-ethyl adjacent to an activating group) is 1. The van der Waals surface area contributed by atoms with Crippen molar-refractivity contribution in [3.05, 3.63) is 24.3 Å². The van der Waals surface area contributed by atoms with E-state index in [2.05, 4.69) is 5.32 Å². The van der Waals surface area contributed by atoms with Crippen LogP contribution in [0.5, 0.6) is 0 Å². The van der Waals surface area contributed by atoms with Crippen molar-refractivity contribution in [1.82, 2.24) is 9.80 Å². The summed E-state index contributed by atoms with van der Waals surface area (Å²) in [6, 6.07) is 6.16. The Morgan fingerprint density at radius 3 is 2.80 bits per heavy atom. The maximum atomic E-state index is 12.4. The molecule has 2 saturated heterocycles. The Hall–Kier alpha value is -2.61. The molecule has 5 amide bonds. The van der Waals surface area contributed by atoms with Gasteiger partial charge in [0, 0.05) is 32.9 Å². The Morgan fingerprint density at radius 2 is 2.12 bits per heavy atom. The van der Waals surface area contributed by atoms with E-state index in [1.165, 1.54) is 4.90 Å². The maximum absolute atomic E-state index is 12.4. The van der Waals surface area contributed by atoms with Crippen molar-refractivity contribution >= 4 is 29.3 Å². The van der Waals surface area contributed by atoms with Crippen LogP contribution in [0.15, 0.2) is 24.3 Å². The number of hydrogen-bond donors (Lipinski definition) is 1. The number of nitrogens with zero attached hydrogens (tertiary/aromatic N) is 3. The molecule has 1 aromatic rings. The number of imide groups is 1. The zero-order valence-electron chi connectivity index (χ0n) is 14.4. The molecule has 1 N–H and O–H groups in total. The van der Waals surface area contributed by atoms with Crippen LogP contribution in [0.3, 0.4) is 0 Å². The molecule has 134 valence electrons. The van der Waals surface area contributed by atoms with E-state index in [1.807, 2.05) is 0 Å². The molecule has 2 heterocycles. The van der Waals surface area contributed by atoms with Crippen molar-refractivity contribution in [2.75, 3.05) is 44.0 Å². The fraction of sp³-hybridized carbons (Fsp3) is 0.471. The van der Waals surface area contributed by atoms with Crippen LogP contribution in [0, 0.1) is 0 Å². The van der Waals surface area contributed by atoms with E-state index in [9.17, 15) is 14.4 Å². The van der Waals surface area contributed by atoms with Crippen LogP contribution in [0.25, 0.3) is 0 Å². The fourth-order valence-corrected chi connectivity index (χ4v) is 3.11. The minimum Gasteiger partial charge on any atom is -0.380 e. The normalized spacial score (nSPS) is 21.0. The molecule has 2 aliphatic heterocycles.